The van der Waals surface area contributed by atoms with Crippen molar-refractivity contribution in [2.75, 3.05) is 0 Å². The van der Waals surface area contributed by atoms with Gasteiger partial charge in [-0.15, -0.1) is 0 Å². The van der Waals surface area contributed by atoms with Crippen LogP contribution in [0.5, 0.6) is 0 Å². The first-order valence-electron chi connectivity index (χ1n) is 10.1. The number of hydrogen-bond donors (Lipinski definition) is 0. The van der Waals surface area contributed by atoms with Crippen LogP contribution in [0.4, 0.5) is 0 Å². The third-order valence-electron chi connectivity index (χ3n) is 6.49. The number of aromatic nitrogens is 2. The Hall–Kier alpha value is -3.52. The highest BCUT2D eigenvalue weighted by Crippen LogP contribution is 2.45. The second-order valence-electron chi connectivity index (χ2n) is 8.02. The highest BCUT2D eigenvalue weighted by atomic mass is 14.9. The standard InChI is InChI=1S/C27H22N2/c1-17-18-10-4-5-12-20(18)26(22-16-28(2)23-14-8-6-11-19(22)23)27-25(17)21-13-7-9-15-24(21)29(27)3/h4-16H,1-3H3. The molecule has 0 saturated heterocycles. The molecule has 0 aliphatic heterocycles. The zero-order chi connectivity index (χ0) is 19.7. The van der Waals surface area contributed by atoms with Crippen LogP contribution in [0.1, 0.15) is 5.56 Å². The van der Waals surface area contributed by atoms with Crippen molar-refractivity contribution in [1.29, 1.82) is 0 Å². The first kappa shape index (κ1) is 16.4. The predicted octanol–water partition coefficient (Wildman–Crippen LogP) is 6.95. The summed E-state index contributed by atoms with van der Waals surface area (Å²) in [6, 6.07) is 26.3. The highest BCUT2D eigenvalue weighted by Gasteiger charge is 2.21. The molecule has 0 spiro atoms. The maximum Gasteiger partial charge on any atom is 0.0578 e. The Balaban J connectivity index is 1.95. The molecule has 2 heterocycles. The summed E-state index contributed by atoms with van der Waals surface area (Å²) < 4.78 is 4.62. The lowest BCUT2D eigenvalue weighted by molar-refractivity contribution is 0.970. The van der Waals surface area contributed by atoms with Gasteiger partial charge in [-0.05, 0) is 35.4 Å². The smallest absolute Gasteiger partial charge is 0.0578 e. The van der Waals surface area contributed by atoms with Crippen LogP contribution in [0.15, 0.2) is 79.0 Å². The maximum atomic E-state index is 2.38. The normalized spacial score (nSPS) is 12.0. The molecule has 0 fully saturated rings. The number of fused-ring (bicyclic) bond motifs is 5. The molecule has 0 N–H and O–H groups in total. The van der Waals surface area contributed by atoms with E-state index < -0.39 is 0 Å². The fourth-order valence-electron chi connectivity index (χ4n) is 5.17. The largest absolute Gasteiger partial charge is 0.350 e. The van der Waals surface area contributed by atoms with E-state index in [9.17, 15) is 0 Å². The Bertz CT molecular complexity index is 1580. The third-order valence-corrected chi connectivity index (χ3v) is 6.49. The topological polar surface area (TPSA) is 9.86 Å². The van der Waals surface area contributed by atoms with E-state index in [1.807, 2.05) is 0 Å². The summed E-state index contributed by atoms with van der Waals surface area (Å²) in [5.74, 6) is 0. The molecule has 0 atom stereocenters. The van der Waals surface area contributed by atoms with Gasteiger partial charge in [0, 0.05) is 58.6 Å². The summed E-state index contributed by atoms with van der Waals surface area (Å²) in [6.45, 7) is 2.27. The van der Waals surface area contributed by atoms with Crippen molar-refractivity contribution in [2.45, 2.75) is 6.92 Å². The van der Waals surface area contributed by atoms with Gasteiger partial charge in [0.15, 0.2) is 0 Å². The van der Waals surface area contributed by atoms with Gasteiger partial charge in [0.05, 0.1) is 5.52 Å². The minimum Gasteiger partial charge on any atom is -0.350 e. The molecule has 140 valence electrons. The molecule has 0 unspecified atom stereocenters. The van der Waals surface area contributed by atoms with Crippen molar-refractivity contribution in [1.82, 2.24) is 9.13 Å². The number of aryl methyl sites for hydroxylation is 3. The van der Waals surface area contributed by atoms with E-state index in [0.717, 1.165) is 0 Å². The maximum absolute atomic E-state index is 2.38. The number of rotatable bonds is 1. The van der Waals surface area contributed by atoms with Crippen molar-refractivity contribution in [3.63, 3.8) is 0 Å². The van der Waals surface area contributed by atoms with E-state index in [4.69, 9.17) is 0 Å². The van der Waals surface area contributed by atoms with E-state index >= 15 is 0 Å². The lowest BCUT2D eigenvalue weighted by atomic mass is 9.91. The lowest BCUT2D eigenvalue weighted by Gasteiger charge is -2.14. The van der Waals surface area contributed by atoms with Crippen molar-refractivity contribution < 1.29 is 0 Å². The Kier molecular flexibility index (Phi) is 3.25. The predicted molar refractivity (Wildman–Crippen MR) is 125 cm³/mol. The Morgan fingerprint density at radius 2 is 1.21 bits per heavy atom. The second-order valence-corrected chi connectivity index (χ2v) is 8.02. The molecular formula is C27H22N2. The molecule has 29 heavy (non-hydrogen) atoms. The fourth-order valence-corrected chi connectivity index (χ4v) is 5.17. The van der Waals surface area contributed by atoms with Crippen LogP contribution in [0, 0.1) is 6.92 Å². The molecule has 0 aliphatic rings. The van der Waals surface area contributed by atoms with Gasteiger partial charge in [-0.25, -0.2) is 0 Å². The van der Waals surface area contributed by atoms with Crippen molar-refractivity contribution in [3.8, 4) is 11.1 Å². The SMILES string of the molecule is Cc1c2ccccc2c(-c2cn(C)c3ccccc23)c2c1c1ccccc1n2C. The van der Waals surface area contributed by atoms with Crippen LogP contribution < -0.4 is 0 Å². The molecule has 6 rings (SSSR count). The van der Waals surface area contributed by atoms with E-state index in [2.05, 4.69) is 109 Å². The van der Waals surface area contributed by atoms with Crippen LogP contribution >= 0.6 is 0 Å². The van der Waals surface area contributed by atoms with Gasteiger partial charge in [-0.2, -0.15) is 0 Å². The number of para-hydroxylation sites is 2. The summed E-state index contributed by atoms with van der Waals surface area (Å²) in [5.41, 5.74) is 7.85. The average Bonchev–Trinajstić information content (AvgIpc) is 3.25. The zero-order valence-electron chi connectivity index (χ0n) is 16.9. The van der Waals surface area contributed by atoms with Gasteiger partial charge in [-0.3, -0.25) is 0 Å². The molecule has 0 amide bonds. The minimum absolute atomic E-state index is 1.26. The van der Waals surface area contributed by atoms with Crippen molar-refractivity contribution in [3.05, 3.63) is 84.6 Å². The molecule has 2 nitrogen and oxygen atoms in total. The summed E-state index contributed by atoms with van der Waals surface area (Å²) >= 11 is 0. The molecule has 6 aromatic rings. The van der Waals surface area contributed by atoms with E-state index in [0.29, 0.717) is 0 Å². The van der Waals surface area contributed by atoms with Gasteiger partial charge >= 0.3 is 0 Å². The first-order valence-corrected chi connectivity index (χ1v) is 10.1. The minimum atomic E-state index is 1.26. The van der Waals surface area contributed by atoms with Crippen LogP contribution in [0.25, 0.3) is 54.6 Å². The van der Waals surface area contributed by atoms with Crippen LogP contribution in [-0.4, -0.2) is 9.13 Å². The number of nitrogens with zero attached hydrogens (tertiary/aromatic N) is 2. The molecule has 0 bridgehead atoms. The van der Waals surface area contributed by atoms with Crippen LogP contribution in [-0.2, 0) is 14.1 Å². The lowest BCUT2D eigenvalue weighted by Crippen LogP contribution is -1.93. The van der Waals surface area contributed by atoms with Gasteiger partial charge in [0.1, 0.15) is 0 Å². The summed E-state index contributed by atoms with van der Waals surface area (Å²) in [4.78, 5) is 0. The molecule has 0 aliphatic carbocycles. The van der Waals surface area contributed by atoms with Crippen LogP contribution in [0.2, 0.25) is 0 Å². The number of benzene rings is 4. The quantitative estimate of drug-likeness (QED) is 0.295. The van der Waals surface area contributed by atoms with E-state index in [-0.39, 0.29) is 0 Å². The van der Waals surface area contributed by atoms with Gasteiger partial charge in [0.2, 0.25) is 0 Å². The second kappa shape index (κ2) is 5.74. The molecule has 0 saturated carbocycles. The summed E-state index contributed by atoms with van der Waals surface area (Å²) in [6.07, 6.45) is 2.29. The van der Waals surface area contributed by atoms with Gasteiger partial charge in [0.25, 0.3) is 0 Å². The van der Waals surface area contributed by atoms with E-state index in [1.165, 1.54) is 60.2 Å². The van der Waals surface area contributed by atoms with Gasteiger partial charge < -0.3 is 9.13 Å². The summed E-state index contributed by atoms with van der Waals surface area (Å²) in [7, 11) is 4.34. The number of hydrogen-bond acceptors (Lipinski definition) is 0. The van der Waals surface area contributed by atoms with Crippen LogP contribution in [0.3, 0.4) is 0 Å². The Morgan fingerprint density at radius 3 is 1.97 bits per heavy atom. The van der Waals surface area contributed by atoms with E-state index in [1.54, 1.807) is 0 Å². The zero-order valence-corrected chi connectivity index (χ0v) is 16.9. The summed E-state index contributed by atoms with van der Waals surface area (Å²) in [5, 5.41) is 6.65. The Labute approximate surface area is 169 Å². The van der Waals surface area contributed by atoms with Crippen molar-refractivity contribution >= 4 is 43.5 Å². The molecular weight excluding hydrogens is 352 g/mol. The van der Waals surface area contributed by atoms with Crippen molar-refractivity contribution in [2.24, 2.45) is 14.1 Å². The molecule has 4 aromatic carbocycles. The average molecular weight is 374 g/mol. The third kappa shape index (κ3) is 2.06. The van der Waals surface area contributed by atoms with Gasteiger partial charge in [-0.1, -0.05) is 60.7 Å². The monoisotopic (exact) mass is 374 g/mol. The Morgan fingerprint density at radius 1 is 0.621 bits per heavy atom. The highest BCUT2D eigenvalue weighted by molar-refractivity contribution is 6.24. The molecule has 2 aromatic heterocycles. The molecule has 2 heteroatoms. The fraction of sp³-hybridized carbons (Fsp3) is 0.111. The molecule has 0 radical (unpaired) electrons. The first-order chi connectivity index (χ1) is 14.2.